The number of piperidine rings is 1. The van der Waals surface area contributed by atoms with Crippen molar-refractivity contribution in [2.24, 2.45) is 5.92 Å². The molecule has 1 atom stereocenters. The van der Waals surface area contributed by atoms with Gasteiger partial charge >= 0.3 is 0 Å². The zero-order valence-electron chi connectivity index (χ0n) is 11.5. The highest BCUT2D eigenvalue weighted by Crippen LogP contribution is 2.21. The van der Waals surface area contributed by atoms with Crippen LogP contribution >= 0.6 is 11.6 Å². The van der Waals surface area contributed by atoms with E-state index in [2.05, 4.69) is 15.0 Å². The molecular weight excluding hydrogens is 290 g/mol. The fraction of sp³-hybridized carbons (Fsp3) is 0.400. The molecule has 0 amide bonds. The SMILES string of the molecule is O=CC1CCCN(Cc2nc(-c3cccc(Cl)c3)no2)C1. The van der Waals surface area contributed by atoms with Crippen LogP contribution in [0.3, 0.4) is 0 Å². The zero-order valence-corrected chi connectivity index (χ0v) is 12.3. The van der Waals surface area contributed by atoms with Crippen LogP contribution in [0.15, 0.2) is 28.8 Å². The lowest BCUT2D eigenvalue weighted by atomic mass is 10.00. The number of benzene rings is 1. The molecule has 6 heteroatoms. The van der Waals surface area contributed by atoms with Gasteiger partial charge in [-0.2, -0.15) is 4.98 Å². The van der Waals surface area contributed by atoms with Crippen LogP contribution < -0.4 is 0 Å². The fourth-order valence-electron chi connectivity index (χ4n) is 2.60. The number of hydrogen-bond donors (Lipinski definition) is 0. The van der Waals surface area contributed by atoms with E-state index in [1.807, 2.05) is 12.1 Å². The van der Waals surface area contributed by atoms with Crippen molar-refractivity contribution in [1.29, 1.82) is 0 Å². The Morgan fingerprint density at radius 3 is 3.19 bits per heavy atom. The van der Waals surface area contributed by atoms with E-state index in [4.69, 9.17) is 16.1 Å². The third-order valence-corrected chi connectivity index (χ3v) is 3.88. The van der Waals surface area contributed by atoms with Crippen LogP contribution in [0.2, 0.25) is 5.02 Å². The molecule has 0 N–H and O–H groups in total. The van der Waals surface area contributed by atoms with Gasteiger partial charge in [-0.25, -0.2) is 0 Å². The van der Waals surface area contributed by atoms with Crippen LogP contribution in [-0.4, -0.2) is 34.4 Å². The average Bonchev–Trinajstić information content (AvgIpc) is 2.96. The Hall–Kier alpha value is -1.72. The Labute approximate surface area is 127 Å². The number of aromatic nitrogens is 2. The van der Waals surface area contributed by atoms with Gasteiger partial charge in [-0.1, -0.05) is 28.9 Å². The van der Waals surface area contributed by atoms with Gasteiger partial charge in [0.1, 0.15) is 6.29 Å². The Morgan fingerprint density at radius 1 is 1.48 bits per heavy atom. The van der Waals surface area contributed by atoms with Gasteiger partial charge in [0, 0.05) is 23.0 Å². The minimum atomic E-state index is 0.120. The van der Waals surface area contributed by atoms with E-state index < -0.39 is 0 Å². The third kappa shape index (κ3) is 3.49. The van der Waals surface area contributed by atoms with Crippen LogP contribution in [0.25, 0.3) is 11.4 Å². The number of likely N-dealkylation sites (tertiary alicyclic amines) is 1. The summed E-state index contributed by atoms with van der Waals surface area (Å²) in [6.45, 7) is 2.30. The number of aldehydes is 1. The van der Waals surface area contributed by atoms with Crippen molar-refractivity contribution in [1.82, 2.24) is 15.0 Å². The molecule has 0 bridgehead atoms. The molecule has 3 rings (SSSR count). The minimum Gasteiger partial charge on any atom is -0.338 e. The first-order chi connectivity index (χ1) is 10.2. The molecule has 1 unspecified atom stereocenters. The summed E-state index contributed by atoms with van der Waals surface area (Å²) in [5.41, 5.74) is 0.835. The summed E-state index contributed by atoms with van der Waals surface area (Å²) in [4.78, 5) is 17.5. The van der Waals surface area contributed by atoms with Crippen molar-refractivity contribution in [2.45, 2.75) is 19.4 Å². The van der Waals surface area contributed by atoms with Crippen LogP contribution in [0.1, 0.15) is 18.7 Å². The molecule has 1 saturated heterocycles. The molecule has 2 heterocycles. The van der Waals surface area contributed by atoms with Crippen molar-refractivity contribution in [3.05, 3.63) is 35.2 Å². The molecule has 21 heavy (non-hydrogen) atoms. The van der Waals surface area contributed by atoms with Crippen molar-refractivity contribution in [3.63, 3.8) is 0 Å². The Kier molecular flexibility index (Phi) is 4.31. The van der Waals surface area contributed by atoms with Crippen molar-refractivity contribution in [2.75, 3.05) is 13.1 Å². The van der Waals surface area contributed by atoms with Crippen molar-refractivity contribution >= 4 is 17.9 Å². The monoisotopic (exact) mass is 305 g/mol. The lowest BCUT2D eigenvalue weighted by Crippen LogP contribution is -2.35. The summed E-state index contributed by atoms with van der Waals surface area (Å²) >= 11 is 5.96. The Balaban J connectivity index is 1.69. The van der Waals surface area contributed by atoms with Gasteiger partial charge in [0.05, 0.1) is 6.54 Å². The molecule has 5 nitrogen and oxygen atoms in total. The molecule has 1 aromatic carbocycles. The minimum absolute atomic E-state index is 0.120. The molecule has 0 radical (unpaired) electrons. The van der Waals surface area contributed by atoms with Crippen LogP contribution in [0.4, 0.5) is 0 Å². The number of rotatable bonds is 4. The van der Waals surface area contributed by atoms with E-state index in [-0.39, 0.29) is 5.92 Å². The van der Waals surface area contributed by atoms with E-state index in [0.29, 0.717) is 23.3 Å². The van der Waals surface area contributed by atoms with Crippen molar-refractivity contribution in [3.8, 4) is 11.4 Å². The summed E-state index contributed by atoms with van der Waals surface area (Å²) in [5.74, 6) is 1.22. The second-order valence-corrected chi connectivity index (χ2v) is 5.73. The van der Waals surface area contributed by atoms with Gasteiger partial charge in [0.15, 0.2) is 0 Å². The molecule has 110 valence electrons. The maximum atomic E-state index is 10.9. The van der Waals surface area contributed by atoms with Gasteiger partial charge in [-0.15, -0.1) is 0 Å². The normalized spacial score (nSPS) is 19.6. The average molecular weight is 306 g/mol. The third-order valence-electron chi connectivity index (χ3n) is 3.64. The second-order valence-electron chi connectivity index (χ2n) is 5.30. The Morgan fingerprint density at radius 2 is 2.38 bits per heavy atom. The number of halogens is 1. The maximum Gasteiger partial charge on any atom is 0.241 e. The van der Waals surface area contributed by atoms with Gasteiger partial charge in [0.25, 0.3) is 0 Å². The van der Waals surface area contributed by atoms with Gasteiger partial charge < -0.3 is 9.32 Å². The van der Waals surface area contributed by atoms with E-state index in [1.54, 1.807) is 12.1 Å². The first-order valence-electron chi connectivity index (χ1n) is 7.01. The van der Waals surface area contributed by atoms with Gasteiger partial charge in [-0.05, 0) is 31.5 Å². The first kappa shape index (κ1) is 14.2. The summed E-state index contributed by atoms with van der Waals surface area (Å²) in [7, 11) is 0. The lowest BCUT2D eigenvalue weighted by Gasteiger charge is -2.28. The molecule has 0 aliphatic carbocycles. The van der Waals surface area contributed by atoms with E-state index in [9.17, 15) is 4.79 Å². The highest BCUT2D eigenvalue weighted by Gasteiger charge is 2.21. The number of hydrogen-bond acceptors (Lipinski definition) is 5. The first-order valence-corrected chi connectivity index (χ1v) is 7.38. The zero-order chi connectivity index (χ0) is 14.7. The number of carbonyl (C=O) groups is 1. The summed E-state index contributed by atoms with van der Waals surface area (Å²) in [5, 5.41) is 4.63. The molecular formula is C15H16ClN3O2. The summed E-state index contributed by atoms with van der Waals surface area (Å²) in [6.07, 6.45) is 3.04. The molecule has 1 aliphatic heterocycles. The molecule has 1 aliphatic rings. The summed E-state index contributed by atoms with van der Waals surface area (Å²) in [6, 6.07) is 7.36. The predicted molar refractivity (Wildman–Crippen MR) is 78.8 cm³/mol. The molecule has 1 aromatic heterocycles. The van der Waals surface area contributed by atoms with Crippen LogP contribution in [0.5, 0.6) is 0 Å². The predicted octanol–water partition coefficient (Wildman–Crippen LogP) is 2.80. The lowest BCUT2D eigenvalue weighted by molar-refractivity contribution is -0.112. The fourth-order valence-corrected chi connectivity index (χ4v) is 2.79. The summed E-state index contributed by atoms with van der Waals surface area (Å²) < 4.78 is 5.30. The topological polar surface area (TPSA) is 59.2 Å². The van der Waals surface area contributed by atoms with Crippen LogP contribution in [-0.2, 0) is 11.3 Å². The molecule has 0 saturated carbocycles. The second kappa shape index (κ2) is 6.37. The van der Waals surface area contributed by atoms with Gasteiger partial charge in [-0.3, -0.25) is 4.90 Å². The highest BCUT2D eigenvalue weighted by atomic mass is 35.5. The standard InChI is InChI=1S/C15H16ClN3O2/c16-13-5-1-4-12(7-13)15-17-14(21-18-15)9-19-6-2-3-11(8-19)10-20/h1,4-5,7,10-11H,2-3,6,8-9H2. The van der Waals surface area contributed by atoms with E-state index >= 15 is 0 Å². The van der Waals surface area contributed by atoms with Crippen LogP contribution in [0, 0.1) is 5.92 Å². The number of nitrogens with zero attached hydrogens (tertiary/aromatic N) is 3. The largest absolute Gasteiger partial charge is 0.338 e. The van der Waals surface area contributed by atoms with E-state index in [1.165, 1.54) is 0 Å². The molecule has 1 fully saturated rings. The molecule has 0 spiro atoms. The highest BCUT2D eigenvalue weighted by molar-refractivity contribution is 6.30. The quantitative estimate of drug-likeness (QED) is 0.813. The Bertz CT molecular complexity index is 629. The van der Waals surface area contributed by atoms with Crippen molar-refractivity contribution < 1.29 is 9.32 Å². The number of carbonyl (C=O) groups excluding carboxylic acids is 1. The van der Waals surface area contributed by atoms with Gasteiger partial charge in [0.2, 0.25) is 11.7 Å². The smallest absolute Gasteiger partial charge is 0.241 e. The molecule has 2 aromatic rings. The van der Waals surface area contributed by atoms with E-state index in [0.717, 1.165) is 37.8 Å². The maximum absolute atomic E-state index is 10.9.